The van der Waals surface area contributed by atoms with Crippen LogP contribution in [-0.4, -0.2) is 28.1 Å². The van der Waals surface area contributed by atoms with Crippen LogP contribution in [0.3, 0.4) is 0 Å². The Morgan fingerprint density at radius 3 is 2.62 bits per heavy atom. The van der Waals surface area contributed by atoms with Crippen LogP contribution in [0.15, 0.2) is 24.3 Å². The number of hydrogen-bond donors (Lipinski definition) is 2. The van der Waals surface area contributed by atoms with Crippen molar-refractivity contribution in [2.45, 2.75) is 50.2 Å². The summed E-state index contributed by atoms with van der Waals surface area (Å²) in [6, 6.07) is 8.40. The van der Waals surface area contributed by atoms with Crippen LogP contribution in [0.2, 0.25) is 0 Å². The minimum atomic E-state index is -1.16. The van der Waals surface area contributed by atoms with Gasteiger partial charge in [-0.2, -0.15) is 11.8 Å². The van der Waals surface area contributed by atoms with E-state index in [0.717, 1.165) is 24.3 Å². The first-order valence-electron chi connectivity index (χ1n) is 7.80. The van der Waals surface area contributed by atoms with E-state index in [0.29, 0.717) is 18.8 Å². The van der Waals surface area contributed by atoms with Crippen molar-refractivity contribution in [2.24, 2.45) is 0 Å². The SMILES string of the molecule is CC1CCC(NC(=O)C2(O)CCSCC2)c2ccccc21. The molecule has 3 nitrogen and oxygen atoms in total. The van der Waals surface area contributed by atoms with Crippen molar-refractivity contribution in [2.75, 3.05) is 11.5 Å². The monoisotopic (exact) mass is 305 g/mol. The number of carbonyl (C=O) groups excluding carboxylic acids is 1. The van der Waals surface area contributed by atoms with E-state index < -0.39 is 5.60 Å². The standard InChI is InChI=1S/C17H23NO2S/c1-12-6-7-15(14-5-3-2-4-13(12)14)18-16(19)17(20)8-10-21-11-9-17/h2-5,12,15,20H,6-11H2,1H3,(H,18,19). The molecule has 1 amide bonds. The normalized spacial score (nSPS) is 27.7. The average Bonchev–Trinajstić information content (AvgIpc) is 2.51. The minimum Gasteiger partial charge on any atom is -0.380 e. The van der Waals surface area contributed by atoms with Gasteiger partial charge >= 0.3 is 0 Å². The summed E-state index contributed by atoms with van der Waals surface area (Å²) in [7, 11) is 0. The number of amides is 1. The summed E-state index contributed by atoms with van der Waals surface area (Å²) in [6.45, 7) is 2.24. The fraction of sp³-hybridized carbons (Fsp3) is 0.588. The Bertz CT molecular complexity index is 525. The third-order valence-corrected chi connectivity index (χ3v) is 5.82. The Kier molecular flexibility index (Phi) is 4.27. The van der Waals surface area contributed by atoms with Crippen molar-refractivity contribution >= 4 is 17.7 Å². The molecule has 1 aliphatic heterocycles. The van der Waals surface area contributed by atoms with E-state index in [1.165, 1.54) is 11.1 Å². The van der Waals surface area contributed by atoms with Crippen LogP contribution < -0.4 is 5.32 Å². The molecule has 0 aromatic heterocycles. The van der Waals surface area contributed by atoms with Gasteiger partial charge in [-0.05, 0) is 54.2 Å². The van der Waals surface area contributed by atoms with E-state index in [1.807, 2.05) is 17.8 Å². The number of rotatable bonds is 2. The van der Waals surface area contributed by atoms with Crippen molar-refractivity contribution in [3.63, 3.8) is 0 Å². The third kappa shape index (κ3) is 2.97. The van der Waals surface area contributed by atoms with Crippen LogP contribution in [-0.2, 0) is 4.79 Å². The maximum atomic E-state index is 12.5. The molecule has 2 unspecified atom stereocenters. The molecule has 2 N–H and O–H groups in total. The van der Waals surface area contributed by atoms with Crippen molar-refractivity contribution in [1.29, 1.82) is 0 Å². The van der Waals surface area contributed by atoms with E-state index in [-0.39, 0.29) is 11.9 Å². The maximum Gasteiger partial charge on any atom is 0.252 e. The molecule has 0 bridgehead atoms. The molecule has 0 radical (unpaired) electrons. The molecule has 114 valence electrons. The van der Waals surface area contributed by atoms with Crippen LogP contribution in [0.1, 0.15) is 55.7 Å². The fourth-order valence-electron chi connectivity index (χ4n) is 3.38. The second-order valence-electron chi connectivity index (χ2n) is 6.28. The molecule has 1 saturated heterocycles. The quantitative estimate of drug-likeness (QED) is 0.883. The highest BCUT2D eigenvalue weighted by molar-refractivity contribution is 7.99. The number of carbonyl (C=O) groups is 1. The first kappa shape index (κ1) is 14.9. The van der Waals surface area contributed by atoms with Crippen molar-refractivity contribution in [1.82, 2.24) is 5.32 Å². The van der Waals surface area contributed by atoms with E-state index in [2.05, 4.69) is 30.4 Å². The van der Waals surface area contributed by atoms with Gasteiger partial charge in [0.2, 0.25) is 0 Å². The molecule has 4 heteroatoms. The van der Waals surface area contributed by atoms with Gasteiger partial charge in [-0.3, -0.25) is 4.79 Å². The maximum absolute atomic E-state index is 12.5. The minimum absolute atomic E-state index is 0.0449. The number of benzene rings is 1. The van der Waals surface area contributed by atoms with E-state index >= 15 is 0 Å². The molecule has 21 heavy (non-hydrogen) atoms. The first-order chi connectivity index (χ1) is 10.1. The van der Waals surface area contributed by atoms with Crippen LogP contribution in [0, 0.1) is 0 Å². The molecule has 1 aromatic rings. The Balaban J connectivity index is 1.76. The van der Waals surface area contributed by atoms with Crippen LogP contribution in [0.25, 0.3) is 0 Å². The molecule has 2 atom stereocenters. The summed E-state index contributed by atoms with van der Waals surface area (Å²) >= 11 is 1.81. The molecule has 0 saturated carbocycles. The van der Waals surface area contributed by atoms with Gasteiger partial charge in [0, 0.05) is 0 Å². The second-order valence-corrected chi connectivity index (χ2v) is 7.50. The summed E-state index contributed by atoms with van der Waals surface area (Å²) in [6.07, 6.45) is 3.16. The molecular formula is C17H23NO2S. The molecule has 2 aliphatic rings. The number of fused-ring (bicyclic) bond motifs is 1. The topological polar surface area (TPSA) is 49.3 Å². The number of aliphatic hydroxyl groups is 1. The number of hydrogen-bond acceptors (Lipinski definition) is 3. The predicted octanol–water partition coefficient (Wildman–Crippen LogP) is 3.00. The van der Waals surface area contributed by atoms with E-state index in [4.69, 9.17) is 0 Å². The largest absolute Gasteiger partial charge is 0.380 e. The highest BCUT2D eigenvalue weighted by Gasteiger charge is 2.39. The zero-order valence-corrected chi connectivity index (χ0v) is 13.3. The molecule has 1 aliphatic carbocycles. The highest BCUT2D eigenvalue weighted by Crippen LogP contribution is 2.37. The summed E-state index contributed by atoms with van der Waals surface area (Å²) in [4.78, 5) is 12.5. The molecule has 0 spiro atoms. The van der Waals surface area contributed by atoms with Gasteiger partial charge in [0.25, 0.3) is 5.91 Å². The average molecular weight is 305 g/mol. The van der Waals surface area contributed by atoms with Crippen LogP contribution >= 0.6 is 11.8 Å². The van der Waals surface area contributed by atoms with Gasteiger partial charge in [-0.1, -0.05) is 31.2 Å². The van der Waals surface area contributed by atoms with Crippen molar-refractivity contribution in [3.05, 3.63) is 35.4 Å². The Labute approximate surface area is 130 Å². The summed E-state index contributed by atoms with van der Waals surface area (Å²) in [5.74, 6) is 2.09. The smallest absolute Gasteiger partial charge is 0.252 e. The Morgan fingerprint density at radius 1 is 1.24 bits per heavy atom. The lowest BCUT2D eigenvalue weighted by Crippen LogP contribution is -2.50. The van der Waals surface area contributed by atoms with Gasteiger partial charge in [-0.25, -0.2) is 0 Å². The lowest BCUT2D eigenvalue weighted by molar-refractivity contribution is -0.141. The summed E-state index contributed by atoms with van der Waals surface area (Å²) in [5, 5.41) is 13.7. The van der Waals surface area contributed by atoms with Gasteiger partial charge in [-0.15, -0.1) is 0 Å². The van der Waals surface area contributed by atoms with Crippen LogP contribution in [0.4, 0.5) is 0 Å². The number of thioether (sulfide) groups is 1. The fourth-order valence-corrected chi connectivity index (χ4v) is 4.55. The number of nitrogens with one attached hydrogen (secondary N) is 1. The summed E-state index contributed by atoms with van der Waals surface area (Å²) in [5.41, 5.74) is 1.39. The zero-order valence-electron chi connectivity index (χ0n) is 12.5. The molecular weight excluding hydrogens is 282 g/mol. The van der Waals surface area contributed by atoms with Crippen molar-refractivity contribution in [3.8, 4) is 0 Å². The predicted molar refractivity (Wildman–Crippen MR) is 86.5 cm³/mol. The zero-order chi connectivity index (χ0) is 14.9. The Morgan fingerprint density at radius 2 is 1.90 bits per heavy atom. The molecule has 1 aromatic carbocycles. The second kappa shape index (κ2) is 6.01. The lowest BCUT2D eigenvalue weighted by Gasteiger charge is -2.35. The van der Waals surface area contributed by atoms with Gasteiger partial charge in [0.1, 0.15) is 5.60 Å². The lowest BCUT2D eigenvalue weighted by atomic mass is 9.80. The first-order valence-corrected chi connectivity index (χ1v) is 8.95. The Hall–Kier alpha value is -1.00. The van der Waals surface area contributed by atoms with Gasteiger partial charge < -0.3 is 10.4 Å². The van der Waals surface area contributed by atoms with Gasteiger partial charge in [0.05, 0.1) is 6.04 Å². The molecule has 1 fully saturated rings. The van der Waals surface area contributed by atoms with Gasteiger partial charge in [0.15, 0.2) is 0 Å². The molecule has 1 heterocycles. The van der Waals surface area contributed by atoms with E-state index in [1.54, 1.807) is 0 Å². The van der Waals surface area contributed by atoms with E-state index in [9.17, 15) is 9.90 Å². The van der Waals surface area contributed by atoms with Crippen LogP contribution in [0.5, 0.6) is 0 Å². The third-order valence-electron chi connectivity index (χ3n) is 4.84. The summed E-state index contributed by atoms with van der Waals surface area (Å²) < 4.78 is 0. The van der Waals surface area contributed by atoms with Crippen molar-refractivity contribution < 1.29 is 9.90 Å². The highest BCUT2D eigenvalue weighted by atomic mass is 32.2. The molecule has 3 rings (SSSR count).